The fraction of sp³-hybridized carbons (Fsp3) is 0.727. The van der Waals surface area contributed by atoms with Crippen LogP contribution in [0.2, 0.25) is 0 Å². The highest BCUT2D eigenvalue weighted by Crippen LogP contribution is 2.14. The molecule has 1 N–H and O–H groups in total. The number of hydrogen-bond donors (Lipinski definition) is 1. The first kappa shape index (κ1) is 23.9. The van der Waals surface area contributed by atoms with Crippen LogP contribution in [0.15, 0.2) is 30.3 Å². The topological polar surface area (TPSA) is 57.2 Å². The summed E-state index contributed by atoms with van der Waals surface area (Å²) in [6.45, 7) is 9.06. The number of aliphatic hydroxyl groups is 1. The third kappa shape index (κ3) is 12.8. The average molecular weight is 383 g/mol. The molecule has 3 atom stereocenters. The fourth-order valence-electron chi connectivity index (χ4n) is 2.64. The summed E-state index contributed by atoms with van der Waals surface area (Å²) in [4.78, 5) is 0. The normalized spacial score (nSPS) is 14.7. The lowest BCUT2D eigenvalue weighted by Crippen LogP contribution is -2.30. The molecule has 0 aromatic heterocycles. The Morgan fingerprint density at radius 2 is 1.70 bits per heavy atom. The van der Waals surface area contributed by atoms with Crippen LogP contribution in [0.3, 0.4) is 0 Å². The molecular formula is C22H38O5. The van der Waals surface area contributed by atoms with Gasteiger partial charge >= 0.3 is 0 Å². The molecule has 0 fully saturated rings. The first-order valence-corrected chi connectivity index (χ1v) is 10.3. The van der Waals surface area contributed by atoms with Gasteiger partial charge in [-0.05, 0) is 31.4 Å². The number of unbranched alkanes of at least 4 members (excludes halogenated alkanes) is 1. The SMILES string of the molecule is CCCCC(CC)COCC(COc1ccccc1)OCCOCC(C)O. The Balaban J connectivity index is 2.36. The Labute approximate surface area is 165 Å². The average Bonchev–Trinajstić information content (AvgIpc) is 2.68. The summed E-state index contributed by atoms with van der Waals surface area (Å²) in [5.41, 5.74) is 0. The van der Waals surface area contributed by atoms with E-state index in [0.717, 1.165) is 18.8 Å². The lowest BCUT2D eigenvalue weighted by atomic mass is 10.0. The fourth-order valence-corrected chi connectivity index (χ4v) is 2.64. The van der Waals surface area contributed by atoms with Crippen LogP contribution >= 0.6 is 0 Å². The molecule has 1 aromatic carbocycles. The number of para-hydroxylation sites is 1. The van der Waals surface area contributed by atoms with Crippen LogP contribution in [-0.4, -0.2) is 57.0 Å². The first-order chi connectivity index (χ1) is 13.2. The number of aliphatic hydroxyl groups excluding tert-OH is 1. The van der Waals surface area contributed by atoms with Crippen molar-refractivity contribution < 1.29 is 24.1 Å². The molecule has 3 unspecified atom stereocenters. The second kappa shape index (κ2) is 15.9. The van der Waals surface area contributed by atoms with E-state index in [4.69, 9.17) is 18.9 Å². The van der Waals surface area contributed by atoms with Gasteiger partial charge in [0.25, 0.3) is 0 Å². The minimum atomic E-state index is -0.459. The molecule has 0 aliphatic carbocycles. The van der Waals surface area contributed by atoms with Crippen molar-refractivity contribution in [3.05, 3.63) is 30.3 Å². The lowest BCUT2D eigenvalue weighted by Gasteiger charge is -2.21. The van der Waals surface area contributed by atoms with Gasteiger partial charge in [0, 0.05) is 6.61 Å². The molecule has 156 valence electrons. The third-order valence-corrected chi connectivity index (χ3v) is 4.32. The molecule has 0 spiro atoms. The van der Waals surface area contributed by atoms with Gasteiger partial charge in [0.15, 0.2) is 0 Å². The minimum Gasteiger partial charge on any atom is -0.491 e. The zero-order valence-electron chi connectivity index (χ0n) is 17.3. The zero-order chi connectivity index (χ0) is 19.7. The molecule has 0 radical (unpaired) electrons. The van der Waals surface area contributed by atoms with E-state index in [0.29, 0.717) is 39.0 Å². The maximum absolute atomic E-state index is 9.22. The van der Waals surface area contributed by atoms with Crippen LogP contribution in [0.25, 0.3) is 0 Å². The monoisotopic (exact) mass is 382 g/mol. The Morgan fingerprint density at radius 3 is 2.37 bits per heavy atom. The van der Waals surface area contributed by atoms with E-state index in [-0.39, 0.29) is 6.10 Å². The molecule has 1 aromatic rings. The smallest absolute Gasteiger partial charge is 0.119 e. The van der Waals surface area contributed by atoms with Crippen molar-refractivity contribution in [2.75, 3.05) is 39.6 Å². The number of benzene rings is 1. The molecule has 0 aliphatic heterocycles. The Bertz CT molecular complexity index is 438. The molecule has 0 saturated carbocycles. The van der Waals surface area contributed by atoms with Crippen molar-refractivity contribution in [1.29, 1.82) is 0 Å². The molecule has 5 nitrogen and oxygen atoms in total. The van der Waals surface area contributed by atoms with Crippen molar-refractivity contribution >= 4 is 0 Å². The summed E-state index contributed by atoms with van der Waals surface area (Å²) in [5.74, 6) is 1.43. The molecule has 0 bridgehead atoms. The van der Waals surface area contributed by atoms with E-state index >= 15 is 0 Å². The van der Waals surface area contributed by atoms with Gasteiger partial charge in [-0.3, -0.25) is 0 Å². The van der Waals surface area contributed by atoms with Crippen molar-refractivity contribution in [3.63, 3.8) is 0 Å². The molecule has 0 aliphatic rings. The van der Waals surface area contributed by atoms with Gasteiger partial charge in [0.2, 0.25) is 0 Å². The van der Waals surface area contributed by atoms with Crippen LogP contribution in [0.4, 0.5) is 0 Å². The van der Waals surface area contributed by atoms with E-state index in [1.165, 1.54) is 19.3 Å². The molecule has 0 heterocycles. The van der Waals surface area contributed by atoms with Gasteiger partial charge in [-0.15, -0.1) is 0 Å². The van der Waals surface area contributed by atoms with Crippen molar-refractivity contribution in [2.24, 2.45) is 5.92 Å². The first-order valence-electron chi connectivity index (χ1n) is 10.3. The lowest BCUT2D eigenvalue weighted by molar-refractivity contribution is -0.0650. The highest BCUT2D eigenvalue weighted by Gasteiger charge is 2.13. The molecule has 1 rings (SSSR count). The molecule has 0 amide bonds. The van der Waals surface area contributed by atoms with Crippen molar-refractivity contribution in [2.45, 2.75) is 58.7 Å². The van der Waals surface area contributed by atoms with E-state index in [9.17, 15) is 5.11 Å². The number of ether oxygens (including phenoxy) is 4. The second-order valence-corrected chi connectivity index (χ2v) is 6.99. The predicted octanol–water partition coefficient (Wildman–Crippen LogP) is 4.08. The summed E-state index contributed by atoms with van der Waals surface area (Å²) in [6.07, 6.45) is 4.22. The summed E-state index contributed by atoms with van der Waals surface area (Å²) in [7, 11) is 0. The standard InChI is InChI=1S/C22H38O5/c1-4-6-10-20(5-2)16-25-17-22(26-14-13-24-15-19(3)23)18-27-21-11-8-7-9-12-21/h7-9,11-12,19-20,22-23H,4-6,10,13-18H2,1-3H3. The van der Waals surface area contributed by atoms with Crippen LogP contribution in [0.1, 0.15) is 46.5 Å². The van der Waals surface area contributed by atoms with E-state index in [2.05, 4.69) is 13.8 Å². The van der Waals surface area contributed by atoms with E-state index < -0.39 is 6.10 Å². The molecule has 5 heteroatoms. The van der Waals surface area contributed by atoms with Gasteiger partial charge in [-0.1, -0.05) is 51.3 Å². The van der Waals surface area contributed by atoms with Gasteiger partial charge in [-0.2, -0.15) is 0 Å². The van der Waals surface area contributed by atoms with Gasteiger partial charge in [0.05, 0.1) is 32.5 Å². The molecule has 0 saturated heterocycles. The largest absolute Gasteiger partial charge is 0.491 e. The molecular weight excluding hydrogens is 344 g/mol. The summed E-state index contributed by atoms with van der Waals surface area (Å²) in [5, 5.41) is 9.22. The van der Waals surface area contributed by atoms with E-state index in [1.807, 2.05) is 30.3 Å². The summed E-state index contributed by atoms with van der Waals surface area (Å²) >= 11 is 0. The van der Waals surface area contributed by atoms with Gasteiger partial charge < -0.3 is 24.1 Å². The number of hydrogen-bond acceptors (Lipinski definition) is 5. The third-order valence-electron chi connectivity index (χ3n) is 4.32. The minimum absolute atomic E-state index is 0.149. The Morgan fingerprint density at radius 1 is 0.926 bits per heavy atom. The van der Waals surface area contributed by atoms with E-state index in [1.54, 1.807) is 6.92 Å². The number of rotatable bonds is 17. The Hall–Kier alpha value is -1.14. The van der Waals surface area contributed by atoms with Gasteiger partial charge in [-0.25, -0.2) is 0 Å². The maximum atomic E-state index is 9.22. The Kier molecular flexibility index (Phi) is 14.0. The highest BCUT2D eigenvalue weighted by atomic mass is 16.6. The molecule has 27 heavy (non-hydrogen) atoms. The van der Waals surface area contributed by atoms with Crippen LogP contribution in [0, 0.1) is 5.92 Å². The van der Waals surface area contributed by atoms with Crippen molar-refractivity contribution in [1.82, 2.24) is 0 Å². The maximum Gasteiger partial charge on any atom is 0.119 e. The van der Waals surface area contributed by atoms with Crippen LogP contribution in [-0.2, 0) is 14.2 Å². The summed E-state index contributed by atoms with van der Waals surface area (Å²) < 4.78 is 23.0. The van der Waals surface area contributed by atoms with Gasteiger partial charge in [0.1, 0.15) is 18.5 Å². The van der Waals surface area contributed by atoms with Crippen LogP contribution < -0.4 is 4.74 Å². The quantitative estimate of drug-likeness (QED) is 0.411. The second-order valence-electron chi connectivity index (χ2n) is 6.99. The van der Waals surface area contributed by atoms with Crippen LogP contribution in [0.5, 0.6) is 5.75 Å². The highest BCUT2D eigenvalue weighted by molar-refractivity contribution is 5.20. The summed E-state index contributed by atoms with van der Waals surface area (Å²) in [6, 6.07) is 9.73. The van der Waals surface area contributed by atoms with Crippen molar-refractivity contribution in [3.8, 4) is 5.75 Å². The zero-order valence-corrected chi connectivity index (χ0v) is 17.3. The predicted molar refractivity (Wildman–Crippen MR) is 108 cm³/mol.